The van der Waals surface area contributed by atoms with E-state index in [0.29, 0.717) is 5.91 Å². The third-order valence-corrected chi connectivity index (χ3v) is 6.15. The summed E-state index contributed by atoms with van der Waals surface area (Å²) in [7, 11) is 0. The number of aryl methyl sites for hydroxylation is 1. The molecule has 2 aromatic rings. The van der Waals surface area contributed by atoms with Crippen LogP contribution in [0.4, 0.5) is 0 Å². The van der Waals surface area contributed by atoms with Crippen molar-refractivity contribution >= 4 is 5.91 Å². The number of likely N-dealkylation sites (tertiary alicyclic amines) is 2. The minimum Gasteiger partial charge on any atom is -0.342 e. The van der Waals surface area contributed by atoms with Gasteiger partial charge in [-0.05, 0) is 61.9 Å². The summed E-state index contributed by atoms with van der Waals surface area (Å²) in [6, 6.07) is 14.7. The van der Waals surface area contributed by atoms with Crippen molar-refractivity contribution in [3.63, 3.8) is 0 Å². The number of amides is 1. The predicted molar refractivity (Wildman–Crippen MR) is 107 cm³/mol. The standard InChI is InChI=1S/C23H29N3O/c27-22-23(12-17-25(19-23)18-21-9-13-24-14-10-21)11-5-16-26(22)15-4-8-20-6-2-1-3-7-20/h1-3,6-7,9-10,13-14H,4-5,8,11-12,15-19H2. The molecule has 142 valence electrons. The number of carbonyl (C=O) groups is 1. The molecule has 4 heteroatoms. The van der Waals surface area contributed by atoms with Crippen molar-refractivity contribution in [3.8, 4) is 0 Å². The van der Waals surface area contributed by atoms with E-state index in [9.17, 15) is 4.79 Å². The second-order valence-electron chi connectivity index (χ2n) is 8.08. The van der Waals surface area contributed by atoms with Gasteiger partial charge in [-0.25, -0.2) is 0 Å². The van der Waals surface area contributed by atoms with Gasteiger partial charge in [0, 0.05) is 38.6 Å². The summed E-state index contributed by atoms with van der Waals surface area (Å²) < 4.78 is 0. The Morgan fingerprint density at radius 2 is 1.78 bits per heavy atom. The molecular weight excluding hydrogens is 334 g/mol. The third-order valence-electron chi connectivity index (χ3n) is 6.15. The van der Waals surface area contributed by atoms with Crippen molar-refractivity contribution in [3.05, 3.63) is 66.0 Å². The first-order chi connectivity index (χ1) is 13.3. The zero-order chi connectivity index (χ0) is 18.5. The fraction of sp³-hybridized carbons (Fsp3) is 0.478. The Labute approximate surface area is 162 Å². The first-order valence-corrected chi connectivity index (χ1v) is 10.2. The highest BCUT2D eigenvalue weighted by atomic mass is 16.2. The number of piperidine rings is 1. The van der Waals surface area contributed by atoms with Crippen LogP contribution in [0.25, 0.3) is 0 Å². The lowest BCUT2D eigenvalue weighted by Gasteiger charge is -2.39. The van der Waals surface area contributed by atoms with Crippen LogP contribution in [0, 0.1) is 5.41 Å². The molecule has 1 atom stereocenters. The summed E-state index contributed by atoms with van der Waals surface area (Å²) in [4.78, 5) is 22.0. The monoisotopic (exact) mass is 363 g/mol. The van der Waals surface area contributed by atoms with E-state index in [1.807, 2.05) is 12.4 Å². The number of nitrogens with zero attached hydrogens (tertiary/aromatic N) is 3. The van der Waals surface area contributed by atoms with Crippen molar-refractivity contribution in [2.45, 2.75) is 38.6 Å². The van der Waals surface area contributed by atoms with E-state index in [2.05, 4.69) is 57.2 Å². The molecule has 2 aliphatic heterocycles. The number of carbonyl (C=O) groups excluding carboxylic acids is 1. The maximum absolute atomic E-state index is 13.3. The van der Waals surface area contributed by atoms with Crippen LogP contribution in [0.3, 0.4) is 0 Å². The van der Waals surface area contributed by atoms with Gasteiger partial charge in [-0.2, -0.15) is 0 Å². The SMILES string of the molecule is O=C1N(CCCc2ccccc2)CCCC12CCN(Cc1ccncc1)C2. The summed E-state index contributed by atoms with van der Waals surface area (Å²) in [5.41, 5.74) is 2.50. The summed E-state index contributed by atoms with van der Waals surface area (Å²) in [6.45, 7) is 4.67. The van der Waals surface area contributed by atoms with Gasteiger partial charge < -0.3 is 4.90 Å². The molecule has 1 unspecified atom stereocenters. The van der Waals surface area contributed by atoms with Gasteiger partial charge in [-0.1, -0.05) is 30.3 Å². The van der Waals surface area contributed by atoms with Crippen LogP contribution in [-0.4, -0.2) is 46.9 Å². The molecule has 2 fully saturated rings. The fourth-order valence-electron chi connectivity index (χ4n) is 4.70. The van der Waals surface area contributed by atoms with E-state index in [0.717, 1.165) is 64.8 Å². The van der Waals surface area contributed by atoms with Crippen LogP contribution in [0.1, 0.15) is 36.8 Å². The molecule has 2 aliphatic rings. The maximum Gasteiger partial charge on any atom is 0.230 e. The smallest absolute Gasteiger partial charge is 0.230 e. The Morgan fingerprint density at radius 1 is 0.963 bits per heavy atom. The molecule has 0 N–H and O–H groups in total. The van der Waals surface area contributed by atoms with Crippen LogP contribution in [-0.2, 0) is 17.8 Å². The fourth-order valence-corrected chi connectivity index (χ4v) is 4.70. The number of pyridine rings is 1. The topological polar surface area (TPSA) is 36.4 Å². The highest BCUT2D eigenvalue weighted by molar-refractivity contribution is 5.84. The molecule has 4 nitrogen and oxygen atoms in total. The van der Waals surface area contributed by atoms with Crippen molar-refractivity contribution in [1.82, 2.24) is 14.8 Å². The number of aromatic nitrogens is 1. The molecule has 2 saturated heterocycles. The van der Waals surface area contributed by atoms with Gasteiger partial charge in [0.1, 0.15) is 0 Å². The van der Waals surface area contributed by atoms with E-state index in [4.69, 9.17) is 0 Å². The van der Waals surface area contributed by atoms with E-state index < -0.39 is 0 Å². The average molecular weight is 364 g/mol. The summed E-state index contributed by atoms with van der Waals surface area (Å²) in [5, 5.41) is 0. The van der Waals surface area contributed by atoms with Gasteiger partial charge in [0.2, 0.25) is 5.91 Å². The number of hydrogen-bond donors (Lipinski definition) is 0. The second-order valence-corrected chi connectivity index (χ2v) is 8.08. The predicted octanol–water partition coefficient (Wildman–Crippen LogP) is 3.53. The average Bonchev–Trinajstić information content (AvgIpc) is 3.10. The van der Waals surface area contributed by atoms with Gasteiger partial charge in [0.05, 0.1) is 5.41 Å². The lowest BCUT2D eigenvalue weighted by atomic mass is 9.78. The molecule has 1 aromatic carbocycles. The van der Waals surface area contributed by atoms with Crippen molar-refractivity contribution in [2.24, 2.45) is 5.41 Å². The van der Waals surface area contributed by atoms with E-state index >= 15 is 0 Å². The molecule has 1 aromatic heterocycles. The van der Waals surface area contributed by atoms with Crippen LogP contribution < -0.4 is 0 Å². The van der Waals surface area contributed by atoms with Gasteiger partial charge in [0.15, 0.2) is 0 Å². The van der Waals surface area contributed by atoms with E-state index in [1.54, 1.807) is 0 Å². The number of benzene rings is 1. The van der Waals surface area contributed by atoms with Crippen molar-refractivity contribution < 1.29 is 4.79 Å². The highest BCUT2D eigenvalue weighted by Gasteiger charge is 2.47. The highest BCUT2D eigenvalue weighted by Crippen LogP contribution is 2.40. The first kappa shape index (κ1) is 18.2. The largest absolute Gasteiger partial charge is 0.342 e. The molecule has 4 rings (SSSR count). The van der Waals surface area contributed by atoms with Gasteiger partial charge in [0.25, 0.3) is 0 Å². The van der Waals surface area contributed by atoms with E-state index in [-0.39, 0.29) is 5.41 Å². The number of hydrogen-bond acceptors (Lipinski definition) is 3. The molecule has 27 heavy (non-hydrogen) atoms. The molecule has 0 radical (unpaired) electrons. The molecule has 0 bridgehead atoms. The van der Waals surface area contributed by atoms with Crippen LogP contribution in [0.15, 0.2) is 54.9 Å². The number of rotatable bonds is 6. The Bertz CT molecular complexity index is 749. The minimum absolute atomic E-state index is 0.141. The van der Waals surface area contributed by atoms with Crippen LogP contribution >= 0.6 is 0 Å². The lowest BCUT2D eigenvalue weighted by molar-refractivity contribution is -0.145. The molecule has 0 aliphatic carbocycles. The Balaban J connectivity index is 1.33. The second kappa shape index (κ2) is 8.22. The Hall–Kier alpha value is -2.20. The van der Waals surface area contributed by atoms with Gasteiger partial charge >= 0.3 is 0 Å². The third kappa shape index (κ3) is 4.22. The molecule has 1 amide bonds. The van der Waals surface area contributed by atoms with Crippen LogP contribution in [0.5, 0.6) is 0 Å². The van der Waals surface area contributed by atoms with Gasteiger partial charge in [-0.15, -0.1) is 0 Å². The van der Waals surface area contributed by atoms with E-state index in [1.165, 1.54) is 11.1 Å². The van der Waals surface area contributed by atoms with Crippen molar-refractivity contribution in [2.75, 3.05) is 26.2 Å². The summed E-state index contributed by atoms with van der Waals surface area (Å²) >= 11 is 0. The zero-order valence-corrected chi connectivity index (χ0v) is 16.0. The zero-order valence-electron chi connectivity index (χ0n) is 16.0. The normalized spacial score (nSPS) is 23.3. The first-order valence-electron chi connectivity index (χ1n) is 10.2. The van der Waals surface area contributed by atoms with Gasteiger partial charge in [-0.3, -0.25) is 14.7 Å². The minimum atomic E-state index is -0.141. The van der Waals surface area contributed by atoms with Crippen molar-refractivity contribution in [1.29, 1.82) is 0 Å². The molecule has 3 heterocycles. The summed E-state index contributed by atoms with van der Waals surface area (Å²) in [6.07, 6.45) is 8.99. The quantitative estimate of drug-likeness (QED) is 0.788. The Kier molecular flexibility index (Phi) is 5.53. The Morgan fingerprint density at radius 3 is 2.59 bits per heavy atom. The lowest BCUT2D eigenvalue weighted by Crippen LogP contribution is -2.50. The maximum atomic E-state index is 13.3. The van der Waals surface area contributed by atoms with Crippen LogP contribution in [0.2, 0.25) is 0 Å². The molecular formula is C23H29N3O. The molecule has 1 spiro atoms. The molecule has 0 saturated carbocycles. The summed E-state index contributed by atoms with van der Waals surface area (Å²) in [5.74, 6) is 0.402.